The summed E-state index contributed by atoms with van der Waals surface area (Å²) in [6.07, 6.45) is -1.09. The first kappa shape index (κ1) is 15.6. The molecule has 0 aromatic rings. The van der Waals surface area contributed by atoms with Crippen molar-refractivity contribution in [3.63, 3.8) is 0 Å². The lowest BCUT2D eigenvalue weighted by Gasteiger charge is -2.40. The van der Waals surface area contributed by atoms with Crippen LogP contribution in [0.25, 0.3) is 0 Å². The van der Waals surface area contributed by atoms with Crippen molar-refractivity contribution in [2.24, 2.45) is 0 Å². The van der Waals surface area contributed by atoms with Crippen molar-refractivity contribution in [1.29, 1.82) is 0 Å². The molecule has 0 radical (unpaired) electrons. The summed E-state index contributed by atoms with van der Waals surface area (Å²) in [4.78, 5) is 23.7. The van der Waals surface area contributed by atoms with Crippen LogP contribution in [0, 0.1) is 0 Å². The van der Waals surface area contributed by atoms with Crippen molar-refractivity contribution < 1.29 is 19.1 Å². The second kappa shape index (κ2) is 7.18. The molecule has 0 saturated carbocycles. The van der Waals surface area contributed by atoms with Gasteiger partial charge >= 0.3 is 12.2 Å². The highest BCUT2D eigenvalue weighted by atomic mass is 79.9. The van der Waals surface area contributed by atoms with Gasteiger partial charge in [-0.3, -0.25) is 0 Å². The first-order valence-corrected chi connectivity index (χ1v) is 7.51. The molecule has 1 fully saturated rings. The van der Waals surface area contributed by atoms with Gasteiger partial charge in [-0.25, -0.2) is 19.6 Å². The Hall–Kier alpha value is -0.500. The van der Waals surface area contributed by atoms with Crippen molar-refractivity contribution in [3.05, 3.63) is 0 Å². The summed E-state index contributed by atoms with van der Waals surface area (Å²) in [6.45, 7) is 4.64. The topological polar surface area (TPSA) is 59.1 Å². The fourth-order valence-corrected chi connectivity index (χ4v) is 2.38. The second-order valence-electron chi connectivity index (χ2n) is 3.59. The number of ether oxygens (including phenoxy) is 2. The molecule has 8 heteroatoms. The van der Waals surface area contributed by atoms with E-state index in [1.807, 2.05) is 0 Å². The average Bonchev–Trinajstić information content (AvgIpc) is 2.32. The number of carbonyl (C=O) groups is 2. The molecule has 0 spiro atoms. The van der Waals surface area contributed by atoms with E-state index in [1.165, 1.54) is 10.0 Å². The molecule has 6 nitrogen and oxygen atoms in total. The van der Waals surface area contributed by atoms with Gasteiger partial charge in [-0.1, -0.05) is 31.9 Å². The first-order chi connectivity index (χ1) is 8.51. The Labute approximate surface area is 123 Å². The van der Waals surface area contributed by atoms with Crippen LogP contribution in [0.2, 0.25) is 0 Å². The van der Waals surface area contributed by atoms with Gasteiger partial charge in [0.1, 0.15) is 0 Å². The minimum atomic E-state index is -0.547. The summed E-state index contributed by atoms with van der Waals surface area (Å²) in [5, 5.41) is 2.53. The van der Waals surface area contributed by atoms with Crippen molar-refractivity contribution >= 4 is 44.0 Å². The van der Waals surface area contributed by atoms with E-state index in [0.717, 1.165) is 0 Å². The predicted octanol–water partition coefficient (Wildman–Crippen LogP) is 2.36. The van der Waals surface area contributed by atoms with E-state index in [9.17, 15) is 9.59 Å². The Morgan fingerprint density at radius 2 is 1.33 bits per heavy atom. The van der Waals surface area contributed by atoms with E-state index in [-0.39, 0.29) is 22.9 Å². The lowest BCUT2D eigenvalue weighted by Crippen LogP contribution is -2.59. The number of carbonyl (C=O) groups excluding carboxylic acids is 2. The lowest BCUT2D eigenvalue weighted by molar-refractivity contribution is -0.0315. The second-order valence-corrected chi connectivity index (χ2v) is 5.95. The highest BCUT2D eigenvalue weighted by Gasteiger charge is 2.38. The Kier molecular flexibility index (Phi) is 6.20. The molecule has 104 valence electrons. The van der Waals surface area contributed by atoms with Gasteiger partial charge in [0.2, 0.25) is 0 Å². The van der Waals surface area contributed by atoms with Crippen molar-refractivity contribution in [2.75, 3.05) is 26.3 Å². The molecule has 2 atom stereocenters. The zero-order valence-corrected chi connectivity index (χ0v) is 13.4. The highest BCUT2D eigenvalue weighted by molar-refractivity contribution is 9.12. The van der Waals surface area contributed by atoms with Crippen molar-refractivity contribution in [3.8, 4) is 0 Å². The lowest BCUT2D eigenvalue weighted by atomic mass is 10.2. The molecule has 0 unspecified atom stereocenters. The van der Waals surface area contributed by atoms with Gasteiger partial charge in [0.05, 0.1) is 26.3 Å². The maximum atomic E-state index is 11.8. The van der Waals surface area contributed by atoms with Crippen molar-refractivity contribution in [1.82, 2.24) is 10.0 Å². The molecule has 1 aliphatic rings. The number of hydrogen-bond acceptors (Lipinski definition) is 4. The number of nitrogens with zero attached hydrogens (tertiary/aromatic N) is 2. The summed E-state index contributed by atoms with van der Waals surface area (Å²) < 4.78 is 9.85. The molecule has 1 saturated heterocycles. The molecule has 1 rings (SSSR count). The van der Waals surface area contributed by atoms with Crippen LogP contribution >= 0.6 is 31.9 Å². The highest BCUT2D eigenvalue weighted by Crippen LogP contribution is 2.24. The molecule has 2 amide bonds. The fraction of sp³-hybridized carbons (Fsp3) is 0.800. The van der Waals surface area contributed by atoms with E-state index in [1.54, 1.807) is 13.8 Å². The third-order valence-electron chi connectivity index (χ3n) is 2.34. The molecule has 1 aliphatic heterocycles. The minimum absolute atomic E-state index is 0.0487. The molecule has 0 N–H and O–H groups in total. The number of rotatable bonds is 2. The molecule has 1 heterocycles. The van der Waals surface area contributed by atoms with Crippen LogP contribution in [0.15, 0.2) is 0 Å². The number of halogens is 2. The van der Waals surface area contributed by atoms with Crippen LogP contribution in [-0.2, 0) is 9.47 Å². The molecule has 0 aromatic heterocycles. The van der Waals surface area contributed by atoms with E-state index < -0.39 is 12.2 Å². The first-order valence-electron chi connectivity index (χ1n) is 5.67. The third-order valence-corrected chi connectivity index (χ3v) is 4.90. The quantitative estimate of drug-likeness (QED) is 0.682. The molecular weight excluding hydrogens is 372 g/mol. The molecule has 0 aliphatic carbocycles. The number of hydrogen-bond donors (Lipinski definition) is 0. The minimum Gasteiger partial charge on any atom is -0.448 e. The Morgan fingerprint density at radius 1 is 1.00 bits per heavy atom. The van der Waals surface area contributed by atoms with Gasteiger partial charge < -0.3 is 9.47 Å². The molecule has 0 bridgehead atoms. The normalized spacial score (nSPS) is 23.8. The van der Waals surface area contributed by atoms with Crippen LogP contribution in [0.4, 0.5) is 9.59 Å². The van der Waals surface area contributed by atoms with Crippen LogP contribution in [0.1, 0.15) is 13.8 Å². The number of alkyl halides is 2. The number of hydrazine groups is 1. The SMILES string of the molecule is CCOC(=O)N1C[C@@H](Br)[C@H](Br)CN1C(=O)OCC. The smallest absolute Gasteiger partial charge is 0.428 e. The van der Waals surface area contributed by atoms with Gasteiger partial charge in [-0.15, -0.1) is 0 Å². The van der Waals surface area contributed by atoms with Gasteiger partial charge in [0.15, 0.2) is 0 Å². The van der Waals surface area contributed by atoms with E-state index in [0.29, 0.717) is 13.1 Å². The monoisotopic (exact) mass is 386 g/mol. The van der Waals surface area contributed by atoms with Gasteiger partial charge in [0, 0.05) is 9.65 Å². The van der Waals surface area contributed by atoms with Crippen molar-refractivity contribution in [2.45, 2.75) is 23.5 Å². The van der Waals surface area contributed by atoms with Crippen LogP contribution in [0.3, 0.4) is 0 Å². The predicted molar refractivity (Wildman–Crippen MR) is 72.9 cm³/mol. The summed E-state index contributed by atoms with van der Waals surface area (Å²) in [6, 6.07) is 0. The summed E-state index contributed by atoms with van der Waals surface area (Å²) in [7, 11) is 0. The molecular formula is C10H16Br2N2O4. The van der Waals surface area contributed by atoms with Gasteiger partial charge in [0.25, 0.3) is 0 Å². The zero-order valence-electron chi connectivity index (χ0n) is 10.3. The van der Waals surface area contributed by atoms with E-state index >= 15 is 0 Å². The van der Waals surface area contributed by atoms with E-state index in [2.05, 4.69) is 31.9 Å². The molecule has 18 heavy (non-hydrogen) atoms. The van der Waals surface area contributed by atoms with E-state index in [4.69, 9.17) is 9.47 Å². The maximum absolute atomic E-state index is 11.8. The standard InChI is InChI=1S/C10H16Br2N2O4/c1-3-17-9(15)13-5-7(11)8(12)6-14(13)10(16)18-4-2/h7-8H,3-6H2,1-2H3/t7-,8-/m1/s1. The summed E-state index contributed by atoms with van der Waals surface area (Å²) >= 11 is 6.91. The average molecular weight is 388 g/mol. The largest absolute Gasteiger partial charge is 0.448 e. The van der Waals surface area contributed by atoms with Crippen LogP contribution in [-0.4, -0.2) is 58.2 Å². The molecule has 0 aromatic carbocycles. The number of amides is 2. The summed E-state index contributed by atoms with van der Waals surface area (Å²) in [5.41, 5.74) is 0. The Morgan fingerprint density at radius 3 is 1.61 bits per heavy atom. The van der Waals surface area contributed by atoms with Crippen LogP contribution < -0.4 is 0 Å². The Bertz CT molecular complexity index is 286. The third kappa shape index (κ3) is 3.74. The maximum Gasteiger partial charge on any atom is 0.428 e. The zero-order chi connectivity index (χ0) is 13.7. The van der Waals surface area contributed by atoms with Gasteiger partial charge in [-0.2, -0.15) is 0 Å². The van der Waals surface area contributed by atoms with Crippen LogP contribution in [0.5, 0.6) is 0 Å². The van der Waals surface area contributed by atoms with Gasteiger partial charge in [-0.05, 0) is 13.8 Å². The summed E-state index contributed by atoms with van der Waals surface area (Å²) in [5.74, 6) is 0. The fourth-order valence-electron chi connectivity index (χ4n) is 1.50. The Balaban J connectivity index is 2.80.